The first-order valence-corrected chi connectivity index (χ1v) is 5.34. The molecule has 1 aromatic heterocycles. The van der Waals surface area contributed by atoms with E-state index in [-0.39, 0.29) is 17.5 Å². The third-order valence-electron chi connectivity index (χ3n) is 2.67. The number of aromatic nitrogens is 2. The van der Waals surface area contributed by atoms with E-state index in [1.54, 1.807) is 6.07 Å². The zero-order chi connectivity index (χ0) is 11.7. The van der Waals surface area contributed by atoms with Crippen molar-refractivity contribution in [3.63, 3.8) is 0 Å². The Labute approximate surface area is 93.5 Å². The molecule has 0 unspecified atom stereocenters. The molecule has 1 atom stereocenters. The Kier molecular flexibility index (Phi) is 2.75. The van der Waals surface area contributed by atoms with Gasteiger partial charge in [0.2, 0.25) is 0 Å². The molecule has 4 heteroatoms. The normalized spacial score (nSPS) is 13.2. The highest BCUT2D eigenvalue weighted by molar-refractivity contribution is 5.77. The SMILES string of the molecule is CC(C)[C@H](N)c1nc2ccccc2c(=O)[nH]1. The number of aromatic amines is 1. The summed E-state index contributed by atoms with van der Waals surface area (Å²) in [5.41, 5.74) is 6.53. The smallest absolute Gasteiger partial charge is 0.258 e. The van der Waals surface area contributed by atoms with Crippen molar-refractivity contribution >= 4 is 10.9 Å². The van der Waals surface area contributed by atoms with Gasteiger partial charge in [-0.3, -0.25) is 4.79 Å². The molecule has 2 rings (SSSR count). The van der Waals surface area contributed by atoms with E-state index in [9.17, 15) is 4.79 Å². The van der Waals surface area contributed by atoms with E-state index < -0.39 is 0 Å². The van der Waals surface area contributed by atoms with Gasteiger partial charge in [0, 0.05) is 0 Å². The Hall–Kier alpha value is -1.68. The van der Waals surface area contributed by atoms with E-state index >= 15 is 0 Å². The van der Waals surface area contributed by atoms with Crippen LogP contribution in [0.25, 0.3) is 10.9 Å². The second-order valence-corrected chi connectivity index (χ2v) is 4.24. The van der Waals surface area contributed by atoms with Crippen molar-refractivity contribution < 1.29 is 0 Å². The van der Waals surface area contributed by atoms with E-state index in [0.717, 1.165) is 0 Å². The van der Waals surface area contributed by atoms with Crippen molar-refractivity contribution in [2.45, 2.75) is 19.9 Å². The van der Waals surface area contributed by atoms with Crippen molar-refractivity contribution in [3.8, 4) is 0 Å². The molecule has 0 amide bonds. The summed E-state index contributed by atoms with van der Waals surface area (Å²) in [6, 6.07) is 7.02. The van der Waals surface area contributed by atoms with E-state index in [1.165, 1.54) is 0 Å². The van der Waals surface area contributed by atoms with Crippen molar-refractivity contribution in [2.24, 2.45) is 11.7 Å². The number of rotatable bonds is 2. The number of nitrogens with two attached hydrogens (primary N) is 1. The van der Waals surface area contributed by atoms with Crippen LogP contribution in [0.5, 0.6) is 0 Å². The molecular weight excluding hydrogens is 202 g/mol. The molecule has 16 heavy (non-hydrogen) atoms. The first-order valence-electron chi connectivity index (χ1n) is 5.34. The molecule has 0 aliphatic carbocycles. The minimum atomic E-state index is -0.239. The topological polar surface area (TPSA) is 71.8 Å². The third-order valence-corrected chi connectivity index (χ3v) is 2.67. The van der Waals surface area contributed by atoms with Crippen molar-refractivity contribution in [1.82, 2.24) is 9.97 Å². The molecule has 2 aromatic rings. The summed E-state index contributed by atoms with van der Waals surface area (Å²) in [7, 11) is 0. The summed E-state index contributed by atoms with van der Waals surface area (Å²) in [6.07, 6.45) is 0. The molecule has 1 heterocycles. The van der Waals surface area contributed by atoms with Gasteiger partial charge in [-0.2, -0.15) is 0 Å². The maximum atomic E-state index is 11.8. The lowest BCUT2D eigenvalue weighted by Crippen LogP contribution is -2.23. The van der Waals surface area contributed by atoms with Crippen LogP contribution in [-0.2, 0) is 0 Å². The van der Waals surface area contributed by atoms with Gasteiger partial charge in [-0.05, 0) is 18.1 Å². The lowest BCUT2D eigenvalue weighted by atomic mass is 10.0. The fourth-order valence-electron chi connectivity index (χ4n) is 1.58. The standard InChI is InChI=1S/C12H15N3O/c1-7(2)10(13)11-14-9-6-4-3-5-8(9)12(16)15-11/h3-7,10H,13H2,1-2H3,(H,14,15,16)/t10-/m0/s1. The zero-order valence-electron chi connectivity index (χ0n) is 9.40. The lowest BCUT2D eigenvalue weighted by molar-refractivity contribution is 0.491. The average Bonchev–Trinajstić information content (AvgIpc) is 2.28. The van der Waals surface area contributed by atoms with Crippen LogP contribution in [0.1, 0.15) is 25.7 Å². The molecule has 1 aromatic carbocycles. The fourth-order valence-corrected chi connectivity index (χ4v) is 1.58. The molecule has 0 aliphatic rings. The number of fused-ring (bicyclic) bond motifs is 1. The Morgan fingerprint density at radius 1 is 1.31 bits per heavy atom. The monoisotopic (exact) mass is 217 g/mol. The molecule has 0 saturated carbocycles. The first kappa shape index (κ1) is 10.8. The Morgan fingerprint density at radius 2 is 2.00 bits per heavy atom. The number of hydrogen-bond donors (Lipinski definition) is 2. The summed E-state index contributed by atoms with van der Waals surface area (Å²) >= 11 is 0. The van der Waals surface area contributed by atoms with Gasteiger partial charge in [0.1, 0.15) is 5.82 Å². The van der Waals surface area contributed by atoms with Crippen LogP contribution in [0.15, 0.2) is 29.1 Å². The van der Waals surface area contributed by atoms with Gasteiger partial charge in [0.05, 0.1) is 16.9 Å². The maximum Gasteiger partial charge on any atom is 0.258 e. The number of para-hydroxylation sites is 1. The second kappa shape index (κ2) is 4.06. The molecule has 4 nitrogen and oxygen atoms in total. The van der Waals surface area contributed by atoms with Gasteiger partial charge in [0.25, 0.3) is 5.56 Å². The minimum Gasteiger partial charge on any atom is -0.321 e. The molecule has 0 fully saturated rings. The minimum absolute atomic E-state index is 0.128. The van der Waals surface area contributed by atoms with Crippen LogP contribution in [0.3, 0.4) is 0 Å². The van der Waals surface area contributed by atoms with Gasteiger partial charge in [-0.15, -0.1) is 0 Å². The van der Waals surface area contributed by atoms with Gasteiger partial charge in [-0.25, -0.2) is 4.98 Å². The van der Waals surface area contributed by atoms with Gasteiger partial charge < -0.3 is 10.7 Å². The highest BCUT2D eigenvalue weighted by Gasteiger charge is 2.14. The molecule has 0 aliphatic heterocycles. The Bertz CT molecular complexity index is 559. The maximum absolute atomic E-state index is 11.8. The zero-order valence-corrected chi connectivity index (χ0v) is 9.40. The molecule has 0 radical (unpaired) electrons. The van der Waals surface area contributed by atoms with Crippen LogP contribution >= 0.6 is 0 Å². The number of nitrogens with one attached hydrogen (secondary N) is 1. The molecule has 0 saturated heterocycles. The highest BCUT2D eigenvalue weighted by Crippen LogP contribution is 2.15. The molecule has 84 valence electrons. The van der Waals surface area contributed by atoms with E-state index in [2.05, 4.69) is 9.97 Å². The van der Waals surface area contributed by atoms with Gasteiger partial charge >= 0.3 is 0 Å². The van der Waals surface area contributed by atoms with Crippen LogP contribution < -0.4 is 11.3 Å². The largest absolute Gasteiger partial charge is 0.321 e. The van der Waals surface area contributed by atoms with E-state index in [4.69, 9.17) is 5.73 Å². The highest BCUT2D eigenvalue weighted by atomic mass is 16.1. The second-order valence-electron chi connectivity index (χ2n) is 4.24. The fraction of sp³-hybridized carbons (Fsp3) is 0.333. The number of nitrogens with zero attached hydrogens (tertiary/aromatic N) is 1. The summed E-state index contributed by atoms with van der Waals surface area (Å²) in [6.45, 7) is 4.00. The van der Waals surface area contributed by atoms with Gasteiger partial charge in [0.15, 0.2) is 0 Å². The third kappa shape index (κ3) is 1.84. The molecule has 0 spiro atoms. The summed E-state index contributed by atoms with van der Waals surface area (Å²) in [5, 5.41) is 0.599. The molecule has 3 N–H and O–H groups in total. The lowest BCUT2D eigenvalue weighted by Gasteiger charge is -2.14. The van der Waals surface area contributed by atoms with Gasteiger partial charge in [-0.1, -0.05) is 26.0 Å². The van der Waals surface area contributed by atoms with Crippen LogP contribution in [-0.4, -0.2) is 9.97 Å². The Morgan fingerprint density at radius 3 is 2.69 bits per heavy atom. The van der Waals surface area contributed by atoms with Crippen molar-refractivity contribution in [2.75, 3.05) is 0 Å². The van der Waals surface area contributed by atoms with E-state index in [1.807, 2.05) is 32.0 Å². The van der Waals surface area contributed by atoms with Crippen LogP contribution in [0.2, 0.25) is 0 Å². The number of benzene rings is 1. The predicted molar refractivity (Wildman–Crippen MR) is 64.1 cm³/mol. The van der Waals surface area contributed by atoms with Crippen LogP contribution in [0, 0.1) is 5.92 Å². The molecule has 0 bridgehead atoms. The molecular formula is C12H15N3O. The average molecular weight is 217 g/mol. The number of H-pyrrole nitrogens is 1. The van der Waals surface area contributed by atoms with E-state index in [0.29, 0.717) is 16.7 Å². The predicted octanol–water partition coefficient (Wildman–Crippen LogP) is 1.58. The summed E-state index contributed by atoms with van der Waals surface area (Å²) in [4.78, 5) is 18.9. The quantitative estimate of drug-likeness (QED) is 0.802. The number of hydrogen-bond acceptors (Lipinski definition) is 3. The van der Waals surface area contributed by atoms with Crippen molar-refractivity contribution in [3.05, 3.63) is 40.4 Å². The summed E-state index contributed by atoms with van der Waals surface area (Å²) < 4.78 is 0. The first-order chi connectivity index (χ1) is 7.59. The van der Waals surface area contributed by atoms with Crippen molar-refractivity contribution in [1.29, 1.82) is 0 Å². The van der Waals surface area contributed by atoms with Crippen LogP contribution in [0.4, 0.5) is 0 Å². The Balaban J connectivity index is 2.63. The summed E-state index contributed by atoms with van der Waals surface area (Å²) in [5.74, 6) is 0.794.